The molecule has 0 radical (unpaired) electrons. The van der Waals surface area contributed by atoms with E-state index in [4.69, 9.17) is 28.4 Å². The SMILES string of the molecule is O=C(O)C=C(C(=O)O[C@H]1[C@@H]2OC(=O)c3cc(O)c(O)c(O)c3-c3c(cc(O)c(O)c3O)C(=O)OC[C@H]1O[C@@H](OC(=O)c1cc(O)c(O)c(O)c1)[C@@H]2O)[C@H]1c2c(cc(O)c(O)c2O)C(=O)O[C@H]1C(=O)O. The fraction of sp³-hybridized carbons (Fsp3) is 0.195. The van der Waals surface area contributed by atoms with E-state index in [0.29, 0.717) is 30.3 Å². The molecular weight excluding hydrogens is 940 g/mol. The van der Waals surface area contributed by atoms with E-state index in [1.807, 2.05) is 0 Å². The number of aliphatic hydroxyl groups excluding tert-OH is 1. The molecule has 69 heavy (non-hydrogen) atoms. The lowest BCUT2D eigenvalue weighted by atomic mass is 9.80. The van der Waals surface area contributed by atoms with E-state index in [1.54, 1.807) is 0 Å². The lowest BCUT2D eigenvalue weighted by molar-refractivity contribution is -0.287. The van der Waals surface area contributed by atoms with Crippen molar-refractivity contribution in [1.82, 2.24) is 0 Å². The quantitative estimate of drug-likeness (QED) is 0.0493. The van der Waals surface area contributed by atoms with Gasteiger partial charge in [0.05, 0.1) is 33.7 Å². The highest BCUT2D eigenvalue weighted by molar-refractivity contribution is 6.09. The molecule has 7 atom stereocenters. The van der Waals surface area contributed by atoms with E-state index in [0.717, 1.165) is 0 Å². The summed E-state index contributed by atoms with van der Waals surface area (Å²) in [6.45, 7) is -1.39. The van der Waals surface area contributed by atoms with Crippen LogP contribution in [0.3, 0.4) is 0 Å². The number of carboxylic acids is 2. The smallest absolute Gasteiger partial charge is 0.346 e. The molecular formula is C41H30O28. The Morgan fingerprint density at radius 2 is 1.09 bits per heavy atom. The van der Waals surface area contributed by atoms with Crippen molar-refractivity contribution in [3.05, 3.63) is 69.8 Å². The van der Waals surface area contributed by atoms with Crippen LogP contribution in [0.15, 0.2) is 42.0 Å². The Bertz CT molecular complexity index is 2950. The zero-order valence-electron chi connectivity index (χ0n) is 33.7. The van der Waals surface area contributed by atoms with E-state index in [1.165, 1.54) is 0 Å². The minimum atomic E-state index is -2.71. The highest BCUT2D eigenvalue weighted by Gasteiger charge is 2.54. The van der Waals surface area contributed by atoms with Crippen molar-refractivity contribution < 1.29 is 139 Å². The molecule has 3 aliphatic rings. The second-order valence-electron chi connectivity index (χ2n) is 14.8. The molecule has 0 aliphatic carbocycles. The molecule has 0 unspecified atom stereocenters. The largest absolute Gasteiger partial charge is 0.504 e. The van der Waals surface area contributed by atoms with Crippen LogP contribution in [-0.2, 0) is 42.8 Å². The number of fused-ring (bicyclic) bond motifs is 6. The van der Waals surface area contributed by atoms with Gasteiger partial charge in [-0.25, -0.2) is 33.6 Å². The van der Waals surface area contributed by atoms with Crippen molar-refractivity contribution in [3.63, 3.8) is 0 Å². The highest BCUT2D eigenvalue weighted by atomic mass is 16.7. The molecule has 3 aliphatic heterocycles. The normalized spacial score (nSPS) is 22.1. The Kier molecular flexibility index (Phi) is 11.9. The fourth-order valence-electron chi connectivity index (χ4n) is 7.49. The van der Waals surface area contributed by atoms with Gasteiger partial charge < -0.3 is 105 Å². The van der Waals surface area contributed by atoms with Gasteiger partial charge in [-0.15, -0.1) is 0 Å². The number of carbonyl (C=O) groups excluding carboxylic acids is 5. The Labute approximate surface area is 379 Å². The lowest BCUT2D eigenvalue weighted by Crippen LogP contribution is -2.62. The van der Waals surface area contributed by atoms with Crippen LogP contribution in [0, 0.1) is 0 Å². The zero-order valence-corrected chi connectivity index (χ0v) is 33.7. The maximum atomic E-state index is 14.5. The Morgan fingerprint density at radius 1 is 0.594 bits per heavy atom. The molecule has 362 valence electrons. The number of rotatable bonds is 7. The van der Waals surface area contributed by atoms with Crippen molar-refractivity contribution in [3.8, 4) is 80.1 Å². The van der Waals surface area contributed by atoms with Crippen molar-refractivity contribution in [2.45, 2.75) is 42.7 Å². The van der Waals surface area contributed by atoms with Crippen molar-refractivity contribution in [1.29, 1.82) is 0 Å². The van der Waals surface area contributed by atoms with Crippen LogP contribution in [0.2, 0.25) is 0 Å². The molecule has 4 aromatic rings. The van der Waals surface area contributed by atoms with E-state index in [-0.39, 0.29) is 6.08 Å². The molecule has 0 aromatic heterocycles. The average molecular weight is 971 g/mol. The van der Waals surface area contributed by atoms with Gasteiger partial charge >= 0.3 is 41.8 Å². The number of benzene rings is 4. The molecule has 4 aromatic carbocycles. The summed E-state index contributed by atoms with van der Waals surface area (Å²) in [6.07, 6.45) is -15.5. The number of esters is 5. The highest BCUT2D eigenvalue weighted by Crippen LogP contribution is 2.54. The summed E-state index contributed by atoms with van der Waals surface area (Å²) in [4.78, 5) is 93.8. The third-order valence-electron chi connectivity index (χ3n) is 10.7. The average Bonchev–Trinajstić information content (AvgIpc) is 3.28. The number of phenolic OH excluding ortho intramolecular Hbond substituents is 12. The van der Waals surface area contributed by atoms with Gasteiger partial charge in [-0.1, -0.05) is 0 Å². The summed E-state index contributed by atoms with van der Waals surface area (Å²) < 4.78 is 32.0. The predicted octanol–water partition coefficient (Wildman–Crippen LogP) is -0.210. The monoisotopic (exact) mass is 970 g/mol. The number of phenols is 12. The zero-order chi connectivity index (χ0) is 50.8. The minimum absolute atomic E-state index is 0.0453. The van der Waals surface area contributed by atoms with Gasteiger partial charge in [0.15, 0.2) is 70.1 Å². The third kappa shape index (κ3) is 8.11. The first-order valence-electron chi connectivity index (χ1n) is 18.9. The van der Waals surface area contributed by atoms with E-state index >= 15 is 0 Å². The number of aromatic hydroxyl groups is 12. The maximum absolute atomic E-state index is 14.5. The van der Waals surface area contributed by atoms with E-state index in [9.17, 15) is 110 Å². The lowest BCUT2D eigenvalue weighted by Gasteiger charge is -2.43. The molecule has 0 saturated carbocycles. The van der Waals surface area contributed by atoms with Crippen LogP contribution in [0.1, 0.15) is 52.9 Å². The first-order valence-corrected chi connectivity index (χ1v) is 18.9. The molecule has 1 saturated heterocycles. The van der Waals surface area contributed by atoms with Gasteiger partial charge in [-0.3, -0.25) is 0 Å². The van der Waals surface area contributed by atoms with Crippen molar-refractivity contribution in [2.75, 3.05) is 6.61 Å². The van der Waals surface area contributed by atoms with E-state index < -0.39 is 205 Å². The molecule has 1 fully saturated rings. The van der Waals surface area contributed by atoms with Gasteiger partial charge in [-0.2, -0.15) is 0 Å². The summed E-state index contributed by atoms with van der Waals surface area (Å²) in [7, 11) is 0. The van der Waals surface area contributed by atoms with Gasteiger partial charge in [0.25, 0.3) is 0 Å². The topological polar surface area (TPSA) is 478 Å². The third-order valence-corrected chi connectivity index (χ3v) is 10.7. The summed E-state index contributed by atoms with van der Waals surface area (Å²) in [5.41, 5.74) is -8.70. The number of ether oxygens (including phenoxy) is 6. The summed E-state index contributed by atoms with van der Waals surface area (Å²) >= 11 is 0. The number of carbonyl (C=O) groups is 7. The van der Waals surface area contributed by atoms with Crippen LogP contribution < -0.4 is 0 Å². The standard InChI is InChI=1S/C41H30O28/c42-13-1-8(2-14(43)24(13)49)36(59)69-41-31(56)34-32(66-40(63)12(6-19(47)48)23-22-11(5-17(46)27(52)30(22)55)38(61)67-33(23)35(57)58)18(65-41)7-64-37(60)9-3-15(44)25(50)28(53)20(9)21-10(39(62)68-34)4-16(45)26(51)29(21)54/h1-6,18,23,31-34,41-46,49-56H,7H2,(H,47,48)(H,57,58)/t18-,23+,31-,32-,33-,34-,41+/m1/s1. The Balaban J connectivity index is 1.41. The number of aliphatic carboxylic acids is 2. The fourth-order valence-corrected chi connectivity index (χ4v) is 7.49. The number of hydrogen-bond donors (Lipinski definition) is 15. The van der Waals surface area contributed by atoms with Crippen molar-refractivity contribution >= 4 is 41.8 Å². The number of hydrogen-bond acceptors (Lipinski definition) is 26. The van der Waals surface area contributed by atoms with Crippen molar-refractivity contribution in [2.24, 2.45) is 0 Å². The molecule has 28 nitrogen and oxygen atoms in total. The minimum Gasteiger partial charge on any atom is -0.504 e. The van der Waals surface area contributed by atoms with Crippen LogP contribution >= 0.6 is 0 Å². The second-order valence-corrected chi connectivity index (χ2v) is 14.8. The Hall–Kier alpha value is -9.57. The van der Waals surface area contributed by atoms with Crippen LogP contribution in [0.5, 0.6) is 69.0 Å². The van der Waals surface area contributed by atoms with Crippen LogP contribution in [-0.4, -0.2) is 162 Å². The van der Waals surface area contributed by atoms with Crippen LogP contribution in [0.4, 0.5) is 0 Å². The number of aliphatic hydroxyl groups is 1. The summed E-state index contributed by atoms with van der Waals surface area (Å²) in [5.74, 6) is -31.5. The van der Waals surface area contributed by atoms with Gasteiger partial charge in [-0.05, 0) is 30.3 Å². The van der Waals surface area contributed by atoms with Crippen LogP contribution in [0.25, 0.3) is 11.1 Å². The first kappa shape index (κ1) is 47.4. The van der Waals surface area contributed by atoms with Gasteiger partial charge in [0, 0.05) is 22.8 Å². The molecule has 3 heterocycles. The van der Waals surface area contributed by atoms with Gasteiger partial charge in [0.2, 0.25) is 29.6 Å². The maximum Gasteiger partial charge on any atom is 0.346 e. The molecule has 2 bridgehead atoms. The summed E-state index contributed by atoms with van der Waals surface area (Å²) in [6, 6.07) is 2.27. The Morgan fingerprint density at radius 3 is 1.62 bits per heavy atom. The summed E-state index contributed by atoms with van der Waals surface area (Å²) in [5, 5.41) is 157. The number of cyclic esters (lactones) is 2. The first-order chi connectivity index (χ1) is 32.3. The van der Waals surface area contributed by atoms with Gasteiger partial charge in [0.1, 0.15) is 12.7 Å². The molecule has 0 amide bonds. The second kappa shape index (κ2) is 17.3. The van der Waals surface area contributed by atoms with E-state index in [2.05, 4.69) is 0 Å². The molecule has 7 rings (SSSR count). The molecule has 28 heteroatoms. The molecule has 15 N–H and O–H groups in total. The number of carboxylic acid groups (broad SMARTS) is 2. The molecule has 0 spiro atoms. The predicted molar refractivity (Wildman–Crippen MR) is 209 cm³/mol.